The minimum atomic E-state index is -0.636. The molecule has 1 N–H and O–H groups in total. The zero-order chi connectivity index (χ0) is 21.1. The molecule has 30 heavy (non-hydrogen) atoms. The van der Waals surface area contributed by atoms with Crippen LogP contribution >= 0.6 is 0 Å². The third kappa shape index (κ3) is 4.80. The Kier molecular flexibility index (Phi) is 6.01. The Hall–Kier alpha value is -2.90. The van der Waals surface area contributed by atoms with Crippen LogP contribution in [-0.4, -0.2) is 55.4 Å². The van der Waals surface area contributed by atoms with Gasteiger partial charge < -0.3 is 19.2 Å². The summed E-state index contributed by atoms with van der Waals surface area (Å²) < 4.78 is 24.0. The molecule has 1 fully saturated rings. The summed E-state index contributed by atoms with van der Waals surface area (Å²) in [6.45, 7) is 5.80. The van der Waals surface area contributed by atoms with E-state index in [9.17, 15) is 14.3 Å². The molecule has 2 heterocycles. The summed E-state index contributed by atoms with van der Waals surface area (Å²) >= 11 is 0. The van der Waals surface area contributed by atoms with Crippen LogP contribution in [0.2, 0.25) is 0 Å². The second-order valence-electron chi connectivity index (χ2n) is 7.64. The van der Waals surface area contributed by atoms with Gasteiger partial charge in [0.2, 0.25) is 0 Å². The van der Waals surface area contributed by atoms with E-state index in [2.05, 4.69) is 9.80 Å². The molecule has 1 atom stereocenters. The van der Waals surface area contributed by atoms with Crippen LogP contribution in [0.4, 0.5) is 10.1 Å². The van der Waals surface area contributed by atoms with Gasteiger partial charge in [0.05, 0.1) is 0 Å². The molecule has 1 aliphatic rings. The average Bonchev–Trinajstić information content (AvgIpc) is 2.73. The van der Waals surface area contributed by atoms with Crippen molar-refractivity contribution in [3.8, 4) is 5.75 Å². The number of hydrogen-bond donors (Lipinski definition) is 1. The molecular formula is C23H25FN2O4. The van der Waals surface area contributed by atoms with Crippen molar-refractivity contribution in [2.45, 2.75) is 13.0 Å². The van der Waals surface area contributed by atoms with Crippen LogP contribution < -0.4 is 15.3 Å². The van der Waals surface area contributed by atoms with Crippen LogP contribution in [0.1, 0.15) is 5.56 Å². The van der Waals surface area contributed by atoms with Gasteiger partial charge in [-0.15, -0.1) is 0 Å². The number of benzene rings is 2. The molecule has 0 aliphatic carbocycles. The molecule has 4 rings (SSSR count). The molecule has 0 amide bonds. The number of halogens is 1. The van der Waals surface area contributed by atoms with E-state index in [1.807, 2.05) is 19.1 Å². The Morgan fingerprint density at radius 3 is 2.57 bits per heavy atom. The molecule has 6 nitrogen and oxygen atoms in total. The largest absolute Gasteiger partial charge is 0.491 e. The lowest BCUT2D eigenvalue weighted by molar-refractivity contribution is 0.0663. The Balaban J connectivity index is 1.27. The first-order valence-corrected chi connectivity index (χ1v) is 10.1. The first kappa shape index (κ1) is 20.4. The van der Waals surface area contributed by atoms with Gasteiger partial charge in [-0.1, -0.05) is 0 Å². The number of nitrogens with zero attached hydrogens (tertiary/aromatic N) is 2. The predicted molar refractivity (Wildman–Crippen MR) is 114 cm³/mol. The highest BCUT2D eigenvalue weighted by Gasteiger charge is 2.20. The lowest BCUT2D eigenvalue weighted by atomic mass is 10.1. The first-order chi connectivity index (χ1) is 14.5. The number of fused-ring (bicyclic) bond motifs is 1. The van der Waals surface area contributed by atoms with E-state index in [0.29, 0.717) is 17.9 Å². The monoisotopic (exact) mass is 412 g/mol. The van der Waals surface area contributed by atoms with E-state index < -0.39 is 11.7 Å². The number of anilines is 1. The fraction of sp³-hybridized carbons (Fsp3) is 0.348. The summed E-state index contributed by atoms with van der Waals surface area (Å²) in [5, 5.41) is 11.2. The van der Waals surface area contributed by atoms with Crippen molar-refractivity contribution >= 4 is 16.7 Å². The number of aryl methyl sites for hydroxylation is 1. The zero-order valence-corrected chi connectivity index (χ0v) is 16.9. The Morgan fingerprint density at radius 2 is 1.83 bits per heavy atom. The van der Waals surface area contributed by atoms with Crippen molar-refractivity contribution in [1.29, 1.82) is 0 Å². The van der Waals surface area contributed by atoms with Crippen LogP contribution in [0.5, 0.6) is 5.75 Å². The lowest BCUT2D eigenvalue weighted by Gasteiger charge is -2.36. The molecular weight excluding hydrogens is 387 g/mol. The van der Waals surface area contributed by atoms with Crippen LogP contribution in [0, 0.1) is 12.7 Å². The zero-order valence-electron chi connectivity index (χ0n) is 16.9. The summed E-state index contributed by atoms with van der Waals surface area (Å²) in [5.74, 6) is 0.320. The Labute approximate surface area is 174 Å². The van der Waals surface area contributed by atoms with E-state index >= 15 is 0 Å². The summed E-state index contributed by atoms with van der Waals surface area (Å²) in [5.41, 5.74) is 1.95. The minimum absolute atomic E-state index is 0.153. The number of aliphatic hydroxyl groups excluding tert-OH is 1. The molecule has 0 unspecified atom stereocenters. The van der Waals surface area contributed by atoms with Crippen molar-refractivity contribution < 1.29 is 18.7 Å². The fourth-order valence-corrected chi connectivity index (χ4v) is 3.78. The second kappa shape index (κ2) is 8.85. The molecule has 7 heteroatoms. The minimum Gasteiger partial charge on any atom is -0.491 e. The number of ether oxygens (including phenoxy) is 1. The lowest BCUT2D eigenvalue weighted by Crippen LogP contribution is -2.49. The maximum atomic E-state index is 13.1. The van der Waals surface area contributed by atoms with Gasteiger partial charge in [-0.3, -0.25) is 4.90 Å². The highest BCUT2D eigenvalue weighted by molar-refractivity contribution is 5.81. The molecule has 158 valence electrons. The van der Waals surface area contributed by atoms with Gasteiger partial charge in [0.1, 0.15) is 29.9 Å². The molecule has 3 aromatic rings. The van der Waals surface area contributed by atoms with Gasteiger partial charge in [0, 0.05) is 55.9 Å². The normalized spacial score (nSPS) is 16.0. The van der Waals surface area contributed by atoms with Crippen LogP contribution in [0.3, 0.4) is 0 Å². The topological polar surface area (TPSA) is 66.2 Å². The molecule has 0 bridgehead atoms. The van der Waals surface area contributed by atoms with E-state index in [1.54, 1.807) is 18.2 Å². The van der Waals surface area contributed by atoms with Crippen molar-refractivity contribution in [3.05, 3.63) is 70.3 Å². The summed E-state index contributed by atoms with van der Waals surface area (Å²) in [7, 11) is 0. The number of piperazine rings is 1. The third-order valence-electron chi connectivity index (χ3n) is 5.40. The van der Waals surface area contributed by atoms with Gasteiger partial charge in [0.15, 0.2) is 0 Å². The molecule has 1 aromatic heterocycles. The summed E-state index contributed by atoms with van der Waals surface area (Å²) in [6, 6.07) is 13.3. The molecule has 0 spiro atoms. The number of β-amino-alcohol motifs (C(OH)–C–C–N with tert-alkyl or cyclic N) is 1. The second-order valence-corrected chi connectivity index (χ2v) is 7.64. The highest BCUT2D eigenvalue weighted by Crippen LogP contribution is 2.22. The van der Waals surface area contributed by atoms with Crippen LogP contribution in [0.25, 0.3) is 11.0 Å². The standard InChI is InChI=1S/C23H25FN2O4/c1-16-12-23(28)30-22-13-20(6-7-21(16)22)29-15-19(27)14-25-8-10-26(11-9-25)18-4-2-17(24)3-5-18/h2-7,12-13,19,27H,8-11,14-15H2,1H3/t19-/m0/s1. The number of rotatable bonds is 6. The van der Waals surface area contributed by atoms with Gasteiger partial charge in [0.25, 0.3) is 0 Å². The predicted octanol–water partition coefficient (Wildman–Crippen LogP) is 2.80. The quantitative estimate of drug-likeness (QED) is 0.628. The highest BCUT2D eigenvalue weighted by atomic mass is 19.1. The molecule has 1 aliphatic heterocycles. The maximum Gasteiger partial charge on any atom is 0.336 e. The molecule has 0 saturated carbocycles. The fourth-order valence-electron chi connectivity index (χ4n) is 3.78. The maximum absolute atomic E-state index is 13.1. The van der Waals surface area contributed by atoms with Gasteiger partial charge >= 0.3 is 5.63 Å². The third-order valence-corrected chi connectivity index (χ3v) is 5.40. The molecule has 2 aromatic carbocycles. The number of aliphatic hydroxyl groups is 1. The van der Waals surface area contributed by atoms with E-state index in [4.69, 9.17) is 9.15 Å². The Morgan fingerprint density at radius 1 is 1.10 bits per heavy atom. The first-order valence-electron chi connectivity index (χ1n) is 10.1. The van der Waals surface area contributed by atoms with Gasteiger partial charge in [-0.2, -0.15) is 0 Å². The summed E-state index contributed by atoms with van der Waals surface area (Å²) in [6.07, 6.45) is -0.636. The van der Waals surface area contributed by atoms with E-state index in [-0.39, 0.29) is 12.4 Å². The SMILES string of the molecule is Cc1cc(=O)oc2cc(OC[C@@H](O)CN3CCN(c4ccc(F)cc4)CC3)ccc12. The van der Waals surface area contributed by atoms with Gasteiger partial charge in [-0.05, 0) is 48.9 Å². The van der Waals surface area contributed by atoms with Crippen molar-refractivity contribution in [3.63, 3.8) is 0 Å². The van der Waals surface area contributed by atoms with Crippen molar-refractivity contribution in [1.82, 2.24) is 4.90 Å². The van der Waals surface area contributed by atoms with Crippen molar-refractivity contribution in [2.24, 2.45) is 0 Å². The molecule has 1 saturated heterocycles. The average molecular weight is 412 g/mol. The summed E-state index contributed by atoms with van der Waals surface area (Å²) in [4.78, 5) is 16.0. The number of hydrogen-bond acceptors (Lipinski definition) is 6. The van der Waals surface area contributed by atoms with E-state index in [0.717, 1.165) is 42.8 Å². The van der Waals surface area contributed by atoms with Crippen LogP contribution in [-0.2, 0) is 0 Å². The smallest absolute Gasteiger partial charge is 0.336 e. The van der Waals surface area contributed by atoms with E-state index in [1.165, 1.54) is 18.2 Å². The molecule has 0 radical (unpaired) electrons. The van der Waals surface area contributed by atoms with Crippen LogP contribution in [0.15, 0.2) is 57.7 Å². The Bertz CT molecular complexity index is 1060. The van der Waals surface area contributed by atoms with Crippen molar-refractivity contribution in [2.75, 3.05) is 44.2 Å². The van der Waals surface area contributed by atoms with Gasteiger partial charge in [-0.25, -0.2) is 9.18 Å².